The van der Waals surface area contributed by atoms with Crippen LogP contribution in [0.2, 0.25) is 0 Å². The van der Waals surface area contributed by atoms with E-state index in [1.807, 2.05) is 6.07 Å². The lowest BCUT2D eigenvalue weighted by Gasteiger charge is -2.35. The van der Waals surface area contributed by atoms with Crippen LogP contribution in [0.15, 0.2) is 24.3 Å². The number of amides is 1. The molecule has 1 saturated heterocycles. The minimum Gasteiger partial charge on any atom is -0.340 e. The fourth-order valence-electron chi connectivity index (χ4n) is 4.09. The van der Waals surface area contributed by atoms with Gasteiger partial charge in [0.15, 0.2) is 0 Å². The largest absolute Gasteiger partial charge is 0.340 e. The highest BCUT2D eigenvalue weighted by Gasteiger charge is 2.29. The van der Waals surface area contributed by atoms with Crippen molar-refractivity contribution in [3.8, 4) is 0 Å². The summed E-state index contributed by atoms with van der Waals surface area (Å²) in [5, 5.41) is 0. The SMILES string of the molecule is Cn1c(CN2CCN(C(=O)C3CCCC3)CC2)nc2ccccc21. The van der Waals surface area contributed by atoms with E-state index in [0.29, 0.717) is 11.8 Å². The standard InChI is InChI=1S/C19H26N4O/c1-21-17-9-5-4-8-16(17)20-18(21)14-22-10-12-23(13-11-22)19(24)15-6-2-3-7-15/h4-5,8-9,15H,2-3,6-7,10-14H2,1H3. The first-order valence-corrected chi connectivity index (χ1v) is 9.14. The second-order valence-corrected chi connectivity index (χ2v) is 7.16. The van der Waals surface area contributed by atoms with Gasteiger partial charge in [-0.15, -0.1) is 0 Å². The topological polar surface area (TPSA) is 41.4 Å². The molecular formula is C19H26N4O. The van der Waals surface area contributed by atoms with E-state index in [9.17, 15) is 4.79 Å². The van der Waals surface area contributed by atoms with Crippen molar-refractivity contribution in [3.63, 3.8) is 0 Å². The molecule has 5 nitrogen and oxygen atoms in total. The van der Waals surface area contributed by atoms with E-state index in [2.05, 4.69) is 39.6 Å². The first-order valence-electron chi connectivity index (χ1n) is 9.14. The molecule has 1 amide bonds. The Morgan fingerprint density at radius 3 is 2.54 bits per heavy atom. The molecule has 2 aromatic rings. The van der Waals surface area contributed by atoms with Crippen LogP contribution in [0.25, 0.3) is 11.0 Å². The summed E-state index contributed by atoms with van der Waals surface area (Å²) in [4.78, 5) is 21.8. The second-order valence-electron chi connectivity index (χ2n) is 7.16. The summed E-state index contributed by atoms with van der Waals surface area (Å²) in [6, 6.07) is 8.27. The number of carbonyl (C=O) groups is 1. The van der Waals surface area contributed by atoms with Crippen LogP contribution in [0.1, 0.15) is 31.5 Å². The zero-order valence-corrected chi connectivity index (χ0v) is 14.4. The van der Waals surface area contributed by atoms with Crippen LogP contribution in [0.5, 0.6) is 0 Å². The highest BCUT2D eigenvalue weighted by molar-refractivity contribution is 5.79. The Balaban J connectivity index is 1.37. The zero-order valence-electron chi connectivity index (χ0n) is 14.4. The van der Waals surface area contributed by atoms with Gasteiger partial charge in [-0.1, -0.05) is 25.0 Å². The summed E-state index contributed by atoms with van der Waals surface area (Å²) >= 11 is 0. The van der Waals surface area contributed by atoms with Gasteiger partial charge in [0.1, 0.15) is 5.82 Å². The summed E-state index contributed by atoms with van der Waals surface area (Å²) in [5.74, 6) is 1.80. The number of benzene rings is 1. The first-order chi connectivity index (χ1) is 11.7. The van der Waals surface area contributed by atoms with Gasteiger partial charge in [0, 0.05) is 39.1 Å². The molecule has 2 aliphatic rings. The van der Waals surface area contributed by atoms with Gasteiger partial charge in [-0.25, -0.2) is 4.98 Å². The molecule has 0 unspecified atom stereocenters. The molecule has 1 saturated carbocycles. The number of aromatic nitrogens is 2. The van der Waals surface area contributed by atoms with Gasteiger partial charge in [-0.05, 0) is 25.0 Å². The molecule has 0 radical (unpaired) electrons. The van der Waals surface area contributed by atoms with Crippen molar-refractivity contribution in [3.05, 3.63) is 30.1 Å². The molecule has 1 aromatic heterocycles. The number of hydrogen-bond donors (Lipinski definition) is 0. The molecule has 5 heteroatoms. The minimum atomic E-state index is 0.302. The average molecular weight is 326 g/mol. The number of nitrogens with zero attached hydrogens (tertiary/aromatic N) is 4. The highest BCUT2D eigenvalue weighted by Crippen LogP contribution is 2.27. The van der Waals surface area contributed by atoms with Gasteiger partial charge in [-0.3, -0.25) is 9.69 Å². The number of carbonyl (C=O) groups excluding carboxylic acids is 1. The molecule has 4 rings (SSSR count). The minimum absolute atomic E-state index is 0.302. The van der Waals surface area contributed by atoms with Crippen LogP contribution in [0.4, 0.5) is 0 Å². The average Bonchev–Trinajstić information content (AvgIpc) is 3.25. The van der Waals surface area contributed by atoms with Crippen LogP contribution in [-0.4, -0.2) is 51.4 Å². The van der Waals surface area contributed by atoms with Gasteiger partial charge >= 0.3 is 0 Å². The molecule has 0 bridgehead atoms. The number of piperazine rings is 1. The molecule has 1 aliphatic carbocycles. The Hall–Kier alpha value is -1.88. The summed E-state index contributed by atoms with van der Waals surface area (Å²) in [6.07, 6.45) is 4.64. The number of rotatable bonds is 3. The van der Waals surface area contributed by atoms with Gasteiger partial charge in [0.2, 0.25) is 5.91 Å². The quantitative estimate of drug-likeness (QED) is 0.870. The maximum Gasteiger partial charge on any atom is 0.225 e. The Morgan fingerprint density at radius 1 is 1.12 bits per heavy atom. The lowest BCUT2D eigenvalue weighted by molar-refractivity contribution is -0.137. The van der Waals surface area contributed by atoms with Crippen LogP contribution in [0, 0.1) is 5.92 Å². The Labute approximate surface area is 143 Å². The van der Waals surface area contributed by atoms with E-state index in [4.69, 9.17) is 4.98 Å². The number of imidazole rings is 1. The number of hydrogen-bond acceptors (Lipinski definition) is 3. The van der Waals surface area contributed by atoms with Gasteiger partial charge in [-0.2, -0.15) is 0 Å². The highest BCUT2D eigenvalue weighted by atomic mass is 16.2. The summed E-state index contributed by atoms with van der Waals surface area (Å²) in [7, 11) is 2.09. The van der Waals surface area contributed by atoms with Crippen molar-refractivity contribution in [2.45, 2.75) is 32.2 Å². The van der Waals surface area contributed by atoms with E-state index in [1.54, 1.807) is 0 Å². The first kappa shape index (κ1) is 15.6. The van der Waals surface area contributed by atoms with Crippen LogP contribution in [0.3, 0.4) is 0 Å². The summed E-state index contributed by atoms with van der Waals surface area (Å²) in [6.45, 7) is 4.47. The third-order valence-electron chi connectivity index (χ3n) is 5.63. The molecule has 1 aromatic carbocycles. The fourth-order valence-corrected chi connectivity index (χ4v) is 4.09. The van der Waals surface area contributed by atoms with E-state index < -0.39 is 0 Å². The molecule has 24 heavy (non-hydrogen) atoms. The number of fused-ring (bicyclic) bond motifs is 1. The molecule has 2 fully saturated rings. The lowest BCUT2D eigenvalue weighted by atomic mass is 10.1. The molecule has 2 heterocycles. The molecular weight excluding hydrogens is 300 g/mol. The zero-order chi connectivity index (χ0) is 16.5. The summed E-state index contributed by atoms with van der Waals surface area (Å²) < 4.78 is 2.19. The molecule has 1 aliphatic heterocycles. The predicted molar refractivity (Wildman–Crippen MR) is 94.5 cm³/mol. The third kappa shape index (κ3) is 2.93. The van der Waals surface area contributed by atoms with Crippen molar-refractivity contribution in [2.75, 3.05) is 26.2 Å². The van der Waals surface area contributed by atoms with E-state index >= 15 is 0 Å². The van der Waals surface area contributed by atoms with E-state index in [1.165, 1.54) is 18.4 Å². The van der Waals surface area contributed by atoms with Crippen molar-refractivity contribution in [1.82, 2.24) is 19.4 Å². The molecule has 0 atom stereocenters. The second kappa shape index (κ2) is 6.55. The van der Waals surface area contributed by atoms with Gasteiger partial charge in [0.25, 0.3) is 0 Å². The van der Waals surface area contributed by atoms with Gasteiger partial charge < -0.3 is 9.47 Å². The smallest absolute Gasteiger partial charge is 0.225 e. The molecule has 0 N–H and O–H groups in total. The van der Waals surface area contributed by atoms with Crippen LogP contribution < -0.4 is 0 Å². The Kier molecular flexibility index (Phi) is 4.27. The van der Waals surface area contributed by atoms with Crippen LogP contribution in [-0.2, 0) is 18.4 Å². The van der Waals surface area contributed by atoms with Crippen LogP contribution >= 0.6 is 0 Å². The van der Waals surface area contributed by atoms with E-state index in [-0.39, 0.29) is 0 Å². The van der Waals surface area contributed by atoms with E-state index in [0.717, 1.165) is 56.9 Å². The maximum absolute atomic E-state index is 12.5. The Bertz CT molecular complexity index is 724. The Morgan fingerprint density at radius 2 is 1.83 bits per heavy atom. The number of aryl methyl sites for hydroxylation is 1. The van der Waals surface area contributed by atoms with Crippen molar-refractivity contribution in [2.24, 2.45) is 13.0 Å². The lowest BCUT2D eigenvalue weighted by Crippen LogP contribution is -2.49. The third-order valence-corrected chi connectivity index (χ3v) is 5.63. The molecule has 0 spiro atoms. The maximum atomic E-state index is 12.5. The van der Waals surface area contributed by atoms with Crippen molar-refractivity contribution < 1.29 is 4.79 Å². The normalized spacial score (nSPS) is 20.1. The van der Waals surface area contributed by atoms with Crippen molar-refractivity contribution in [1.29, 1.82) is 0 Å². The fraction of sp³-hybridized carbons (Fsp3) is 0.579. The summed E-state index contributed by atoms with van der Waals surface area (Å²) in [5.41, 5.74) is 2.24. The molecule has 128 valence electrons. The monoisotopic (exact) mass is 326 g/mol. The van der Waals surface area contributed by atoms with Gasteiger partial charge in [0.05, 0.1) is 17.6 Å². The van der Waals surface area contributed by atoms with Crippen molar-refractivity contribution >= 4 is 16.9 Å². The number of para-hydroxylation sites is 2. The predicted octanol–water partition coefficient (Wildman–Crippen LogP) is 2.41.